The maximum Gasteiger partial charge on any atom is 0.0596 e. The van der Waals surface area contributed by atoms with Crippen molar-refractivity contribution in [3.8, 4) is 0 Å². The van der Waals surface area contributed by atoms with Gasteiger partial charge in [0.2, 0.25) is 0 Å². The summed E-state index contributed by atoms with van der Waals surface area (Å²) in [4.78, 5) is 0. The van der Waals surface area contributed by atoms with Gasteiger partial charge in [0.1, 0.15) is 0 Å². The van der Waals surface area contributed by atoms with Crippen LogP contribution < -0.4 is 0 Å². The van der Waals surface area contributed by atoms with Crippen LogP contribution in [0.25, 0.3) is 0 Å². The number of allylic oxidation sites excluding steroid dienone is 2. The molecule has 1 N–H and O–H groups in total. The van der Waals surface area contributed by atoms with Crippen LogP contribution in [0.5, 0.6) is 0 Å². The van der Waals surface area contributed by atoms with Crippen LogP contribution in [0.3, 0.4) is 0 Å². The van der Waals surface area contributed by atoms with Crippen molar-refractivity contribution in [3.05, 3.63) is 12.2 Å². The average molecular weight is 182 g/mol. The fraction of sp³-hybridized carbons (Fsp3) is 0.833. The molecule has 3 unspecified atom stereocenters. The molecule has 0 aromatic carbocycles. The molecule has 0 spiro atoms. The Labute approximate surface area is 81.9 Å². The summed E-state index contributed by atoms with van der Waals surface area (Å²) in [6, 6.07) is 0. The molecule has 0 saturated carbocycles. The van der Waals surface area contributed by atoms with E-state index in [0.717, 1.165) is 19.3 Å². The lowest BCUT2D eigenvalue weighted by atomic mass is 9.82. The number of aliphatic hydroxyl groups is 1. The molecule has 0 saturated heterocycles. The van der Waals surface area contributed by atoms with Gasteiger partial charge in [0, 0.05) is 0 Å². The van der Waals surface area contributed by atoms with E-state index in [4.69, 9.17) is 0 Å². The summed E-state index contributed by atoms with van der Waals surface area (Å²) in [5.74, 6) is 0.994. The molecular weight excluding hydrogens is 160 g/mol. The summed E-state index contributed by atoms with van der Waals surface area (Å²) >= 11 is 0. The smallest absolute Gasteiger partial charge is 0.0596 e. The molecule has 0 radical (unpaired) electrons. The number of hydrogen-bond acceptors (Lipinski definition) is 1. The lowest BCUT2D eigenvalue weighted by Gasteiger charge is -2.28. The predicted molar refractivity (Wildman–Crippen MR) is 56.6 cm³/mol. The van der Waals surface area contributed by atoms with Crippen LogP contribution in [-0.4, -0.2) is 11.2 Å². The topological polar surface area (TPSA) is 20.2 Å². The van der Waals surface area contributed by atoms with Gasteiger partial charge < -0.3 is 5.11 Å². The van der Waals surface area contributed by atoms with Crippen molar-refractivity contribution in [3.63, 3.8) is 0 Å². The van der Waals surface area contributed by atoms with Gasteiger partial charge in [0.15, 0.2) is 0 Å². The van der Waals surface area contributed by atoms with Crippen molar-refractivity contribution >= 4 is 0 Å². The normalized spacial score (nSPS) is 27.2. The minimum Gasteiger partial charge on any atom is -0.393 e. The molecule has 0 fully saturated rings. The second kappa shape index (κ2) is 5.43. The second-order valence-electron chi connectivity index (χ2n) is 4.30. The zero-order chi connectivity index (χ0) is 9.68. The van der Waals surface area contributed by atoms with Gasteiger partial charge in [0.05, 0.1) is 6.10 Å². The van der Waals surface area contributed by atoms with Gasteiger partial charge in [-0.25, -0.2) is 0 Å². The molecule has 1 aliphatic carbocycles. The highest BCUT2D eigenvalue weighted by atomic mass is 16.3. The van der Waals surface area contributed by atoms with Gasteiger partial charge in [-0.15, -0.1) is 0 Å². The Kier molecular flexibility index (Phi) is 4.51. The molecule has 1 rings (SSSR count). The SMILES string of the molecule is CCCC(C)C(O)C1CC=CCC1. The molecular formula is C12H22O. The molecule has 1 nitrogen and oxygen atoms in total. The van der Waals surface area contributed by atoms with Gasteiger partial charge in [-0.1, -0.05) is 32.4 Å². The summed E-state index contributed by atoms with van der Waals surface area (Å²) in [6.07, 6.45) is 10.1. The summed E-state index contributed by atoms with van der Waals surface area (Å²) in [7, 11) is 0. The van der Waals surface area contributed by atoms with E-state index in [1.807, 2.05) is 0 Å². The molecule has 1 heteroatoms. The lowest BCUT2D eigenvalue weighted by molar-refractivity contribution is 0.0493. The highest BCUT2D eigenvalue weighted by Crippen LogP contribution is 2.27. The average Bonchev–Trinajstić information content (AvgIpc) is 2.18. The van der Waals surface area contributed by atoms with Gasteiger partial charge in [0.25, 0.3) is 0 Å². The van der Waals surface area contributed by atoms with Gasteiger partial charge in [-0.05, 0) is 37.5 Å². The summed E-state index contributed by atoms with van der Waals surface area (Å²) < 4.78 is 0. The van der Waals surface area contributed by atoms with Crippen molar-refractivity contribution < 1.29 is 5.11 Å². The Bertz CT molecular complexity index is 163. The summed E-state index contributed by atoms with van der Waals surface area (Å²) in [5.41, 5.74) is 0. The lowest BCUT2D eigenvalue weighted by Crippen LogP contribution is -2.28. The third-order valence-corrected chi connectivity index (χ3v) is 3.12. The Morgan fingerprint density at radius 2 is 2.23 bits per heavy atom. The van der Waals surface area contributed by atoms with Crippen LogP contribution in [0, 0.1) is 11.8 Å². The third-order valence-electron chi connectivity index (χ3n) is 3.12. The molecule has 0 bridgehead atoms. The Morgan fingerprint density at radius 1 is 1.46 bits per heavy atom. The van der Waals surface area contributed by atoms with E-state index >= 15 is 0 Å². The number of aliphatic hydroxyl groups excluding tert-OH is 1. The maximum absolute atomic E-state index is 10.0. The van der Waals surface area contributed by atoms with E-state index < -0.39 is 0 Å². The predicted octanol–water partition coefficient (Wildman–Crippen LogP) is 3.14. The van der Waals surface area contributed by atoms with E-state index in [1.165, 1.54) is 12.8 Å². The van der Waals surface area contributed by atoms with E-state index in [9.17, 15) is 5.11 Å². The molecule has 0 aromatic rings. The highest BCUT2D eigenvalue weighted by molar-refractivity contribution is 4.92. The van der Waals surface area contributed by atoms with Crippen molar-refractivity contribution in [1.29, 1.82) is 0 Å². The highest BCUT2D eigenvalue weighted by Gasteiger charge is 2.23. The minimum absolute atomic E-state index is 0.0788. The molecule has 76 valence electrons. The molecule has 13 heavy (non-hydrogen) atoms. The van der Waals surface area contributed by atoms with Crippen LogP contribution in [-0.2, 0) is 0 Å². The fourth-order valence-electron chi connectivity index (χ4n) is 2.22. The van der Waals surface area contributed by atoms with Crippen LogP contribution in [0.1, 0.15) is 46.0 Å². The first-order valence-corrected chi connectivity index (χ1v) is 5.58. The number of rotatable bonds is 4. The monoisotopic (exact) mass is 182 g/mol. The quantitative estimate of drug-likeness (QED) is 0.662. The van der Waals surface area contributed by atoms with E-state index in [1.54, 1.807) is 0 Å². The Balaban J connectivity index is 2.36. The largest absolute Gasteiger partial charge is 0.393 e. The van der Waals surface area contributed by atoms with E-state index in [2.05, 4.69) is 26.0 Å². The first-order valence-electron chi connectivity index (χ1n) is 5.58. The molecule has 0 aliphatic heterocycles. The maximum atomic E-state index is 10.0. The molecule has 0 amide bonds. The number of hydrogen-bond donors (Lipinski definition) is 1. The zero-order valence-corrected chi connectivity index (χ0v) is 8.87. The van der Waals surface area contributed by atoms with Crippen molar-refractivity contribution in [2.45, 2.75) is 52.1 Å². The van der Waals surface area contributed by atoms with Crippen LogP contribution in [0.2, 0.25) is 0 Å². The van der Waals surface area contributed by atoms with Crippen LogP contribution in [0.15, 0.2) is 12.2 Å². The molecule has 3 atom stereocenters. The summed E-state index contributed by atoms with van der Waals surface area (Å²) in [6.45, 7) is 4.36. The molecule has 0 aromatic heterocycles. The Morgan fingerprint density at radius 3 is 2.77 bits per heavy atom. The van der Waals surface area contributed by atoms with E-state index in [0.29, 0.717) is 11.8 Å². The van der Waals surface area contributed by atoms with Gasteiger partial charge in [-0.3, -0.25) is 0 Å². The second-order valence-corrected chi connectivity index (χ2v) is 4.30. The van der Waals surface area contributed by atoms with Crippen molar-refractivity contribution in [2.24, 2.45) is 11.8 Å². The third kappa shape index (κ3) is 3.15. The molecule has 0 heterocycles. The summed E-state index contributed by atoms with van der Waals surface area (Å²) in [5, 5.41) is 10.0. The minimum atomic E-state index is -0.0788. The van der Waals surface area contributed by atoms with Crippen LogP contribution >= 0.6 is 0 Å². The first-order chi connectivity index (χ1) is 6.25. The van der Waals surface area contributed by atoms with Crippen molar-refractivity contribution in [2.75, 3.05) is 0 Å². The standard InChI is InChI=1S/C12H22O/c1-3-7-10(2)12(13)11-8-5-4-6-9-11/h4-5,10-13H,3,6-9H2,1-2H3. The van der Waals surface area contributed by atoms with E-state index in [-0.39, 0.29) is 6.10 Å². The zero-order valence-electron chi connectivity index (χ0n) is 8.87. The fourth-order valence-corrected chi connectivity index (χ4v) is 2.22. The van der Waals surface area contributed by atoms with Crippen LogP contribution in [0.4, 0.5) is 0 Å². The first kappa shape index (κ1) is 10.8. The molecule has 1 aliphatic rings. The van der Waals surface area contributed by atoms with Crippen molar-refractivity contribution in [1.82, 2.24) is 0 Å². The van der Waals surface area contributed by atoms with Gasteiger partial charge >= 0.3 is 0 Å². The van der Waals surface area contributed by atoms with Gasteiger partial charge in [-0.2, -0.15) is 0 Å². The Hall–Kier alpha value is -0.300.